The average Bonchev–Trinajstić information content (AvgIpc) is 2.96. The summed E-state index contributed by atoms with van der Waals surface area (Å²) in [6, 6.07) is 5.25. The van der Waals surface area contributed by atoms with Gasteiger partial charge in [-0.2, -0.15) is 0 Å². The summed E-state index contributed by atoms with van der Waals surface area (Å²) in [6.07, 6.45) is 20.0. The van der Waals surface area contributed by atoms with Crippen molar-refractivity contribution in [2.75, 3.05) is 0 Å². The molecule has 3 rings (SSSR count). The van der Waals surface area contributed by atoms with E-state index in [0.717, 1.165) is 0 Å². The van der Waals surface area contributed by atoms with E-state index in [1.54, 1.807) is 0 Å². The molecule has 0 bridgehead atoms. The van der Waals surface area contributed by atoms with E-state index in [2.05, 4.69) is 75.0 Å². The van der Waals surface area contributed by atoms with Gasteiger partial charge >= 0.3 is 178 Å². The number of nitrogens with zero attached hydrogens (tertiary/aromatic N) is 2. The van der Waals surface area contributed by atoms with Gasteiger partial charge in [-0.1, -0.05) is 0 Å². The van der Waals surface area contributed by atoms with Crippen molar-refractivity contribution in [2.45, 2.75) is 97.4 Å². The molecule has 0 amide bonds. The molecule has 4 heteroatoms. The van der Waals surface area contributed by atoms with E-state index in [1.165, 1.54) is 96.6 Å². The molecule has 2 aromatic rings. The minimum atomic E-state index is 0. The smallest absolute Gasteiger partial charge is 0.147 e. The van der Waals surface area contributed by atoms with Crippen LogP contribution in [0.1, 0.15) is 93.4 Å². The fourth-order valence-electron chi connectivity index (χ4n) is 4.76. The number of aryl methyl sites for hydroxylation is 3. The van der Waals surface area contributed by atoms with E-state index in [9.17, 15) is 0 Å². The van der Waals surface area contributed by atoms with Crippen LogP contribution in [0.2, 0.25) is 0 Å². The molecule has 1 fully saturated rings. The third-order valence-electron chi connectivity index (χ3n) is 6.09. The Kier molecular flexibility index (Phi) is 9.83. The molecule has 1 saturated carbocycles. The van der Waals surface area contributed by atoms with Gasteiger partial charge in [0.1, 0.15) is 0 Å². The van der Waals surface area contributed by atoms with Crippen molar-refractivity contribution in [3.63, 3.8) is 0 Å². The van der Waals surface area contributed by atoms with Gasteiger partial charge < -0.3 is 0 Å². The van der Waals surface area contributed by atoms with Crippen molar-refractivity contribution < 1.29 is 20.6 Å². The van der Waals surface area contributed by atoms with Crippen LogP contribution in [-0.2, 0) is 20.6 Å². The Morgan fingerprint density at radius 3 is 1.71 bits per heavy atom. The number of rotatable bonds is 2. The molecule has 161 valence electrons. The number of hydrogen-bond donors (Lipinski definition) is 0. The Hall–Kier alpha value is -0.540. The Labute approximate surface area is 189 Å². The molecule has 2 nitrogen and oxygen atoms in total. The van der Waals surface area contributed by atoms with Crippen LogP contribution in [0.3, 0.4) is 0 Å². The predicted molar refractivity (Wildman–Crippen MR) is 118 cm³/mol. The minimum Gasteiger partial charge on any atom is -0.147 e. The summed E-state index contributed by atoms with van der Waals surface area (Å²) in [5.74, 6) is 0. The standard InChI is InChI=1S/C24H36N2.Au.ClH/c1-20-17-21(2)24(22(3)18-20)26-16-15-25(19-26)23-13-11-9-7-5-4-6-8-10-12-14-23;;/h15-18,23H,4-14H2,1-3H3;;1H. The van der Waals surface area contributed by atoms with E-state index in [0.29, 0.717) is 6.04 Å². The van der Waals surface area contributed by atoms with E-state index < -0.39 is 0 Å². The summed E-state index contributed by atoms with van der Waals surface area (Å²) < 4.78 is 6.26. The molecule has 0 aliphatic heterocycles. The average molecular weight is 586 g/mol. The summed E-state index contributed by atoms with van der Waals surface area (Å²) >= 11 is 2.79. The zero-order valence-corrected chi connectivity index (χ0v) is 20.8. The normalized spacial score (nSPS) is 17.5. The van der Waals surface area contributed by atoms with Gasteiger partial charge in [-0.3, -0.25) is 0 Å². The second kappa shape index (κ2) is 11.6. The van der Waals surface area contributed by atoms with Crippen molar-refractivity contribution in [2.24, 2.45) is 0 Å². The summed E-state index contributed by atoms with van der Waals surface area (Å²) in [5, 5.41) is 0. The Morgan fingerprint density at radius 1 is 0.750 bits per heavy atom. The van der Waals surface area contributed by atoms with Crippen LogP contribution in [0.25, 0.3) is 5.69 Å². The van der Waals surface area contributed by atoms with Gasteiger partial charge in [0.2, 0.25) is 0 Å². The molecule has 0 saturated heterocycles. The molecule has 0 atom stereocenters. The van der Waals surface area contributed by atoms with E-state index >= 15 is 0 Å². The van der Waals surface area contributed by atoms with Gasteiger partial charge in [-0.25, -0.2) is 0 Å². The van der Waals surface area contributed by atoms with E-state index in [1.807, 2.05) is 0 Å². The molecule has 28 heavy (non-hydrogen) atoms. The largest absolute Gasteiger partial charge is 0.147 e. The van der Waals surface area contributed by atoms with Gasteiger partial charge in [0.25, 0.3) is 0 Å². The quantitative estimate of drug-likeness (QED) is 0.322. The first-order chi connectivity index (χ1) is 13.1. The molecule has 1 aliphatic carbocycles. The van der Waals surface area contributed by atoms with Crippen LogP contribution in [0.5, 0.6) is 0 Å². The van der Waals surface area contributed by atoms with Crippen LogP contribution < -0.4 is 0 Å². The molecule has 1 aromatic heterocycles. The van der Waals surface area contributed by atoms with Crippen LogP contribution in [0.4, 0.5) is 0 Å². The van der Waals surface area contributed by atoms with Crippen molar-refractivity contribution in [3.8, 4) is 5.69 Å². The number of halogens is 1. The van der Waals surface area contributed by atoms with Crippen LogP contribution in [0.15, 0.2) is 24.5 Å². The maximum absolute atomic E-state index is 2.79. The predicted octanol–water partition coefficient (Wildman–Crippen LogP) is 7.55. The Balaban J connectivity index is 0.00000280. The molecule has 1 aliphatic rings. The maximum atomic E-state index is 2.79. The first-order valence-electron chi connectivity index (χ1n) is 10.9. The summed E-state index contributed by atoms with van der Waals surface area (Å²) in [6.45, 7) is 6.67. The van der Waals surface area contributed by atoms with Gasteiger partial charge in [0, 0.05) is 0 Å². The molecule has 1 heterocycles. The van der Waals surface area contributed by atoms with Gasteiger partial charge in [0.05, 0.1) is 0 Å². The Morgan fingerprint density at radius 2 is 1.21 bits per heavy atom. The number of hydrogen-bond acceptors (Lipinski definition) is 0. The minimum absolute atomic E-state index is 0. The van der Waals surface area contributed by atoms with Crippen LogP contribution >= 0.6 is 12.4 Å². The van der Waals surface area contributed by atoms with Gasteiger partial charge in [-0.15, -0.1) is 12.4 Å². The Bertz CT molecular complexity index is 770. The second-order valence-electron chi connectivity index (χ2n) is 8.47. The molecular formula is C24H37AuClN2. The third kappa shape index (κ3) is 5.98. The summed E-state index contributed by atoms with van der Waals surface area (Å²) in [7, 11) is 0. The number of aromatic nitrogens is 2. The number of imidazole rings is 1. The van der Waals surface area contributed by atoms with Crippen molar-refractivity contribution in [1.82, 2.24) is 9.13 Å². The SMILES string of the molecule is Cc1cc(C)c(-n2ccn(C3CCCCCCCCCCC3)[c]2=[Au])c(C)c1.Cl. The molecular weight excluding hydrogens is 549 g/mol. The second-order valence-corrected chi connectivity index (χ2v) is 9.44. The first-order valence-corrected chi connectivity index (χ1v) is 12.0. The summed E-state index contributed by atoms with van der Waals surface area (Å²) in [4.78, 5) is 0. The first kappa shape index (κ1) is 23.7. The van der Waals surface area contributed by atoms with E-state index in [-0.39, 0.29) is 12.4 Å². The van der Waals surface area contributed by atoms with E-state index in [4.69, 9.17) is 0 Å². The fraction of sp³-hybridized carbons (Fsp3) is 0.625. The zero-order valence-electron chi connectivity index (χ0n) is 17.8. The van der Waals surface area contributed by atoms with Crippen LogP contribution in [-0.4, -0.2) is 9.13 Å². The maximum Gasteiger partial charge on any atom is -0.147 e. The van der Waals surface area contributed by atoms with Crippen molar-refractivity contribution >= 4 is 12.4 Å². The van der Waals surface area contributed by atoms with Gasteiger partial charge in [-0.05, 0) is 0 Å². The monoisotopic (exact) mass is 585 g/mol. The third-order valence-corrected chi connectivity index (χ3v) is 7.18. The fourth-order valence-corrected chi connectivity index (χ4v) is 5.72. The van der Waals surface area contributed by atoms with Gasteiger partial charge in [0.15, 0.2) is 0 Å². The zero-order chi connectivity index (χ0) is 19.2. The summed E-state index contributed by atoms with van der Waals surface area (Å²) in [5.41, 5.74) is 5.43. The molecule has 0 unspecified atom stereocenters. The number of benzene rings is 1. The van der Waals surface area contributed by atoms with Crippen LogP contribution in [0, 0.1) is 24.4 Å². The molecule has 0 radical (unpaired) electrons. The van der Waals surface area contributed by atoms with Crippen molar-refractivity contribution in [1.29, 1.82) is 0 Å². The van der Waals surface area contributed by atoms with Crippen molar-refractivity contribution in [3.05, 3.63) is 44.8 Å². The molecule has 0 N–H and O–H groups in total. The topological polar surface area (TPSA) is 9.86 Å². The molecule has 1 aromatic carbocycles. The molecule has 0 spiro atoms.